The summed E-state index contributed by atoms with van der Waals surface area (Å²) in [6, 6.07) is 47.7. The summed E-state index contributed by atoms with van der Waals surface area (Å²) in [5.41, 5.74) is 10.9. The second kappa shape index (κ2) is 11.5. The summed E-state index contributed by atoms with van der Waals surface area (Å²) in [5.74, 6) is 1.93. The zero-order valence-electron chi connectivity index (χ0n) is 27.0. The maximum Gasteiger partial charge on any atom is 0.165 e. The molecule has 0 spiro atoms. The summed E-state index contributed by atoms with van der Waals surface area (Å²) in [4.78, 5) is 15.6. The van der Waals surface area contributed by atoms with Gasteiger partial charge in [0.15, 0.2) is 17.5 Å². The number of fused-ring (bicyclic) bond motifs is 6. The Hall–Kier alpha value is -6.59. The van der Waals surface area contributed by atoms with E-state index in [4.69, 9.17) is 23.8 Å². The van der Waals surface area contributed by atoms with Gasteiger partial charge in [-0.25, -0.2) is 15.0 Å². The third-order valence-electron chi connectivity index (χ3n) is 9.70. The topological polar surface area (TPSA) is 65.0 Å². The zero-order valence-corrected chi connectivity index (χ0v) is 27.0. The fourth-order valence-electron chi connectivity index (χ4n) is 7.25. The number of rotatable bonds is 5. The number of allylic oxidation sites excluding steroid dienone is 4. The quantitative estimate of drug-likeness (QED) is 0.187. The van der Waals surface area contributed by atoms with Crippen LogP contribution in [-0.2, 0) is 0 Å². The van der Waals surface area contributed by atoms with E-state index in [9.17, 15) is 0 Å². The molecule has 6 aromatic carbocycles. The lowest BCUT2D eigenvalue weighted by Gasteiger charge is -2.17. The molecule has 3 heterocycles. The van der Waals surface area contributed by atoms with Crippen LogP contribution in [0.2, 0.25) is 0 Å². The highest BCUT2D eigenvalue weighted by atomic mass is 16.3. The van der Waals surface area contributed by atoms with Crippen LogP contribution in [0.15, 0.2) is 161 Å². The van der Waals surface area contributed by atoms with E-state index in [1.807, 2.05) is 42.5 Å². The molecule has 50 heavy (non-hydrogen) atoms. The predicted molar refractivity (Wildman–Crippen MR) is 202 cm³/mol. The van der Waals surface area contributed by atoms with Crippen molar-refractivity contribution in [1.82, 2.24) is 15.0 Å². The molecule has 0 bridgehead atoms. The molecule has 0 saturated carbocycles. The SMILES string of the molecule is C1=C(c2ccccc2)CCC(c2nc(-c3ccccc3)nc(-c3c(-c4ccc5oc6ccccc6c5c4)ccc4oc5ccccc5c34)n2)=C1. The summed E-state index contributed by atoms with van der Waals surface area (Å²) in [7, 11) is 0. The lowest BCUT2D eigenvalue weighted by molar-refractivity contribution is 0.668. The zero-order chi connectivity index (χ0) is 33.0. The van der Waals surface area contributed by atoms with E-state index in [1.165, 1.54) is 11.1 Å². The summed E-state index contributed by atoms with van der Waals surface area (Å²) in [6.07, 6.45) is 6.12. The molecule has 9 aromatic rings. The van der Waals surface area contributed by atoms with Gasteiger partial charge in [-0.15, -0.1) is 0 Å². The van der Waals surface area contributed by atoms with Gasteiger partial charge < -0.3 is 8.83 Å². The fourth-order valence-corrected chi connectivity index (χ4v) is 7.25. The predicted octanol–water partition coefficient (Wildman–Crippen LogP) is 11.9. The smallest absolute Gasteiger partial charge is 0.165 e. The number of furan rings is 2. The minimum atomic E-state index is 0.608. The van der Waals surface area contributed by atoms with Crippen molar-refractivity contribution in [1.29, 1.82) is 0 Å². The number of aromatic nitrogens is 3. The van der Waals surface area contributed by atoms with Gasteiger partial charge in [0, 0.05) is 32.7 Å². The third kappa shape index (κ3) is 4.74. The molecule has 5 nitrogen and oxygen atoms in total. The van der Waals surface area contributed by atoms with Gasteiger partial charge in [0.2, 0.25) is 0 Å². The van der Waals surface area contributed by atoms with Gasteiger partial charge in [-0.1, -0.05) is 115 Å². The minimum Gasteiger partial charge on any atom is -0.456 e. The van der Waals surface area contributed by atoms with E-state index >= 15 is 0 Å². The van der Waals surface area contributed by atoms with Crippen LogP contribution in [0, 0.1) is 0 Å². The Morgan fingerprint density at radius 3 is 1.76 bits per heavy atom. The number of nitrogens with zero attached hydrogens (tertiary/aromatic N) is 3. The normalized spacial score (nSPS) is 13.3. The van der Waals surface area contributed by atoms with E-state index in [-0.39, 0.29) is 0 Å². The summed E-state index contributed by atoms with van der Waals surface area (Å²) < 4.78 is 12.6. The van der Waals surface area contributed by atoms with Crippen molar-refractivity contribution in [2.45, 2.75) is 12.8 Å². The standard InChI is InChI=1S/C45H29N3O2/c1-3-11-28(12-4-1)29-19-21-31(22-20-29)44-46-43(30-13-5-2-6-14-30)47-45(48-44)42-33(24-26-40-41(42)35-16-8-10-18-38(35)50-40)32-23-25-39-36(27-32)34-15-7-9-17-37(34)49-39/h1-19,21,23-27H,20,22H2. The van der Waals surface area contributed by atoms with E-state index in [0.717, 1.165) is 84.5 Å². The van der Waals surface area contributed by atoms with Gasteiger partial charge in [-0.2, -0.15) is 0 Å². The first-order valence-electron chi connectivity index (χ1n) is 16.9. The molecule has 0 radical (unpaired) electrons. The van der Waals surface area contributed by atoms with Gasteiger partial charge in [-0.3, -0.25) is 0 Å². The van der Waals surface area contributed by atoms with Crippen molar-refractivity contribution >= 4 is 55.0 Å². The first-order chi connectivity index (χ1) is 24.8. The maximum atomic E-state index is 6.43. The van der Waals surface area contributed by atoms with Crippen molar-refractivity contribution in [2.24, 2.45) is 0 Å². The van der Waals surface area contributed by atoms with Gasteiger partial charge in [-0.05, 0) is 77.1 Å². The Morgan fingerprint density at radius 2 is 0.980 bits per heavy atom. The second-order valence-electron chi connectivity index (χ2n) is 12.7. The monoisotopic (exact) mass is 643 g/mol. The molecule has 1 aliphatic rings. The number of para-hydroxylation sites is 2. The molecular weight excluding hydrogens is 615 g/mol. The molecule has 3 aromatic heterocycles. The lowest BCUT2D eigenvalue weighted by Crippen LogP contribution is -2.05. The van der Waals surface area contributed by atoms with E-state index in [2.05, 4.69) is 109 Å². The average Bonchev–Trinajstić information content (AvgIpc) is 3.76. The van der Waals surface area contributed by atoms with Crippen molar-refractivity contribution in [2.75, 3.05) is 0 Å². The highest BCUT2D eigenvalue weighted by molar-refractivity contribution is 6.16. The molecular formula is C45H29N3O2. The van der Waals surface area contributed by atoms with Gasteiger partial charge in [0.25, 0.3) is 0 Å². The van der Waals surface area contributed by atoms with Crippen molar-refractivity contribution in [3.63, 3.8) is 0 Å². The van der Waals surface area contributed by atoms with E-state index in [1.54, 1.807) is 0 Å². The maximum absolute atomic E-state index is 6.43. The van der Waals surface area contributed by atoms with Crippen molar-refractivity contribution in [3.8, 4) is 33.9 Å². The van der Waals surface area contributed by atoms with Gasteiger partial charge in [0.05, 0.1) is 0 Å². The van der Waals surface area contributed by atoms with Crippen LogP contribution >= 0.6 is 0 Å². The molecule has 0 N–H and O–H groups in total. The summed E-state index contributed by atoms with van der Waals surface area (Å²) in [6.45, 7) is 0. The molecule has 236 valence electrons. The number of hydrogen-bond acceptors (Lipinski definition) is 5. The van der Waals surface area contributed by atoms with Crippen LogP contribution in [0.25, 0.3) is 88.9 Å². The summed E-state index contributed by atoms with van der Waals surface area (Å²) in [5, 5.41) is 4.15. The van der Waals surface area contributed by atoms with Crippen LogP contribution in [0.5, 0.6) is 0 Å². The minimum absolute atomic E-state index is 0.608. The fraction of sp³-hybridized carbons (Fsp3) is 0.0444. The van der Waals surface area contributed by atoms with E-state index < -0.39 is 0 Å². The van der Waals surface area contributed by atoms with E-state index in [0.29, 0.717) is 17.5 Å². The lowest BCUT2D eigenvalue weighted by atomic mass is 9.92. The van der Waals surface area contributed by atoms with Crippen LogP contribution in [0.1, 0.15) is 24.2 Å². The Kier molecular flexibility index (Phi) is 6.56. The largest absolute Gasteiger partial charge is 0.456 e. The van der Waals surface area contributed by atoms with Crippen molar-refractivity contribution in [3.05, 3.63) is 163 Å². The van der Waals surface area contributed by atoms with Crippen LogP contribution < -0.4 is 0 Å². The summed E-state index contributed by atoms with van der Waals surface area (Å²) >= 11 is 0. The molecule has 0 fully saturated rings. The highest BCUT2D eigenvalue weighted by Gasteiger charge is 2.23. The molecule has 10 rings (SSSR count). The molecule has 0 atom stereocenters. The van der Waals surface area contributed by atoms with Crippen molar-refractivity contribution < 1.29 is 8.83 Å². The number of benzene rings is 6. The Bertz CT molecular complexity index is 2810. The second-order valence-corrected chi connectivity index (χ2v) is 12.7. The molecule has 0 saturated heterocycles. The van der Waals surface area contributed by atoms with Crippen LogP contribution in [0.4, 0.5) is 0 Å². The van der Waals surface area contributed by atoms with Gasteiger partial charge in [0.1, 0.15) is 22.3 Å². The Balaban J connectivity index is 1.24. The Morgan fingerprint density at radius 1 is 0.400 bits per heavy atom. The molecule has 0 amide bonds. The Labute approximate surface area is 287 Å². The third-order valence-corrected chi connectivity index (χ3v) is 9.70. The molecule has 0 unspecified atom stereocenters. The molecule has 1 aliphatic carbocycles. The number of hydrogen-bond donors (Lipinski definition) is 0. The van der Waals surface area contributed by atoms with Gasteiger partial charge >= 0.3 is 0 Å². The highest BCUT2D eigenvalue weighted by Crippen LogP contribution is 2.44. The average molecular weight is 644 g/mol. The molecule has 0 aliphatic heterocycles. The van der Waals surface area contributed by atoms with Crippen LogP contribution in [-0.4, -0.2) is 15.0 Å². The first kappa shape index (κ1) is 28.4. The first-order valence-corrected chi connectivity index (χ1v) is 16.9. The van der Waals surface area contributed by atoms with Crippen LogP contribution in [0.3, 0.4) is 0 Å². The molecule has 5 heteroatoms.